The molecule has 3 nitrogen and oxygen atoms in total. The summed E-state index contributed by atoms with van der Waals surface area (Å²) in [6.45, 7) is 1.37. The van der Waals surface area contributed by atoms with E-state index < -0.39 is 60.0 Å². The van der Waals surface area contributed by atoms with Crippen LogP contribution in [0.1, 0.15) is 39.6 Å². The molecular weight excluding hydrogens is 423 g/mol. The van der Waals surface area contributed by atoms with Gasteiger partial charge in [-0.25, -0.2) is 4.79 Å². The Morgan fingerprint density at radius 3 is 2.14 bits per heavy atom. The Hall–Kier alpha value is -2.27. The second-order valence-corrected chi connectivity index (χ2v) is 6.32. The fraction of sp³-hybridized carbons (Fsp3) is 0.529. The summed E-state index contributed by atoms with van der Waals surface area (Å²) in [5, 5.41) is 0. The van der Waals surface area contributed by atoms with E-state index in [2.05, 4.69) is 4.74 Å². The van der Waals surface area contributed by atoms with Crippen LogP contribution in [0.15, 0.2) is 18.2 Å². The van der Waals surface area contributed by atoms with Crippen molar-refractivity contribution in [3.63, 3.8) is 0 Å². The SMILES string of the molecule is CCOC(=O)c1ccc2c(c1)C(=O)C(C(F)(F)C(F)(F)C(F)(F)C(F)(F)F)CC2. The van der Waals surface area contributed by atoms with Crippen LogP contribution in [0, 0.1) is 5.92 Å². The van der Waals surface area contributed by atoms with Gasteiger partial charge in [-0.1, -0.05) is 6.07 Å². The molecule has 162 valence electrons. The predicted octanol–water partition coefficient (Wildman–Crippen LogP) is 5.08. The summed E-state index contributed by atoms with van der Waals surface area (Å²) < 4.78 is 123. The lowest BCUT2D eigenvalue weighted by Crippen LogP contribution is -2.64. The van der Waals surface area contributed by atoms with Gasteiger partial charge in [-0.15, -0.1) is 0 Å². The van der Waals surface area contributed by atoms with Gasteiger partial charge in [-0.05, 0) is 37.5 Å². The van der Waals surface area contributed by atoms with Crippen molar-refractivity contribution < 1.29 is 53.8 Å². The minimum Gasteiger partial charge on any atom is -0.462 e. The zero-order chi connectivity index (χ0) is 22.4. The fourth-order valence-corrected chi connectivity index (χ4v) is 2.94. The van der Waals surface area contributed by atoms with Gasteiger partial charge in [0.05, 0.1) is 18.1 Å². The van der Waals surface area contributed by atoms with Gasteiger partial charge in [-0.2, -0.15) is 39.5 Å². The summed E-state index contributed by atoms with van der Waals surface area (Å²) in [4.78, 5) is 24.0. The van der Waals surface area contributed by atoms with E-state index in [0.717, 1.165) is 12.1 Å². The second-order valence-electron chi connectivity index (χ2n) is 6.32. The molecule has 0 bridgehead atoms. The van der Waals surface area contributed by atoms with Crippen LogP contribution in [0.5, 0.6) is 0 Å². The number of carbonyl (C=O) groups excluding carboxylic acids is 2. The molecule has 0 radical (unpaired) electrons. The highest BCUT2D eigenvalue weighted by Crippen LogP contribution is 2.56. The van der Waals surface area contributed by atoms with E-state index in [-0.39, 0.29) is 17.7 Å². The highest BCUT2D eigenvalue weighted by Gasteiger charge is 2.83. The molecule has 1 unspecified atom stereocenters. The van der Waals surface area contributed by atoms with Gasteiger partial charge in [0.25, 0.3) is 0 Å². The van der Waals surface area contributed by atoms with E-state index in [0.29, 0.717) is 0 Å². The molecule has 0 saturated carbocycles. The molecule has 0 fully saturated rings. The summed E-state index contributed by atoms with van der Waals surface area (Å²) in [5.74, 6) is -25.8. The molecule has 0 amide bonds. The first-order chi connectivity index (χ1) is 13.1. The normalized spacial score (nSPS) is 18.4. The molecule has 1 aromatic carbocycles. The number of hydrogen-bond donors (Lipinski definition) is 0. The van der Waals surface area contributed by atoms with Gasteiger partial charge < -0.3 is 4.74 Å². The Bertz CT molecular complexity index is 815. The number of hydrogen-bond acceptors (Lipinski definition) is 3. The average molecular weight is 436 g/mol. The highest BCUT2D eigenvalue weighted by atomic mass is 19.4. The van der Waals surface area contributed by atoms with Gasteiger partial charge in [0.1, 0.15) is 0 Å². The maximum atomic E-state index is 14.2. The third-order valence-electron chi connectivity index (χ3n) is 4.51. The highest BCUT2D eigenvalue weighted by molar-refractivity contribution is 6.03. The summed E-state index contributed by atoms with van der Waals surface area (Å²) >= 11 is 0. The number of esters is 1. The van der Waals surface area contributed by atoms with Gasteiger partial charge >= 0.3 is 29.9 Å². The third-order valence-corrected chi connectivity index (χ3v) is 4.51. The van der Waals surface area contributed by atoms with E-state index >= 15 is 0 Å². The fourth-order valence-electron chi connectivity index (χ4n) is 2.94. The molecule has 12 heteroatoms. The van der Waals surface area contributed by atoms with E-state index in [1.54, 1.807) is 0 Å². The molecule has 2 rings (SSSR count). The molecule has 0 spiro atoms. The number of Topliss-reactive ketones (excluding diaryl/α,β-unsaturated/α-hetero) is 1. The van der Waals surface area contributed by atoms with Crippen molar-refractivity contribution in [1.82, 2.24) is 0 Å². The van der Waals surface area contributed by atoms with Gasteiger partial charge in [-0.3, -0.25) is 4.79 Å². The van der Waals surface area contributed by atoms with Crippen LogP contribution in [-0.4, -0.2) is 42.3 Å². The first-order valence-electron chi connectivity index (χ1n) is 8.14. The third kappa shape index (κ3) is 3.57. The number of aryl methyl sites for hydroxylation is 1. The largest absolute Gasteiger partial charge is 0.462 e. The Labute approximate surface area is 157 Å². The molecule has 1 aliphatic rings. The molecule has 0 saturated heterocycles. The standard InChI is InChI=1S/C17H13F9O3/c1-2-29-13(28)9-4-3-8-5-6-11(12(27)10(8)7-9)14(18,19)15(20,21)16(22,23)17(24,25)26/h3-4,7,11H,2,5-6H2,1H3. The lowest BCUT2D eigenvalue weighted by atomic mass is 9.76. The number of rotatable bonds is 5. The van der Waals surface area contributed by atoms with Crippen LogP contribution in [0.3, 0.4) is 0 Å². The van der Waals surface area contributed by atoms with Crippen molar-refractivity contribution in [3.8, 4) is 0 Å². The summed E-state index contributed by atoms with van der Waals surface area (Å²) in [6.07, 6.45) is -8.52. The zero-order valence-electron chi connectivity index (χ0n) is 14.6. The van der Waals surface area contributed by atoms with Crippen molar-refractivity contribution >= 4 is 11.8 Å². The lowest BCUT2D eigenvalue weighted by Gasteiger charge is -2.38. The van der Waals surface area contributed by atoms with Crippen LogP contribution in [0.2, 0.25) is 0 Å². The van der Waals surface area contributed by atoms with Gasteiger partial charge in [0.15, 0.2) is 5.78 Å². The summed E-state index contributed by atoms with van der Waals surface area (Å²) in [6, 6.07) is 3.10. The minimum absolute atomic E-state index is 0.0565. The Morgan fingerprint density at radius 1 is 1.03 bits per heavy atom. The molecule has 0 heterocycles. The summed E-state index contributed by atoms with van der Waals surface area (Å²) in [7, 11) is 0. The Kier molecular flexibility index (Phi) is 5.72. The Balaban J connectivity index is 2.47. The molecule has 1 aromatic rings. The molecule has 1 aliphatic carbocycles. The van der Waals surface area contributed by atoms with Crippen LogP contribution >= 0.6 is 0 Å². The number of alkyl halides is 9. The van der Waals surface area contributed by atoms with Gasteiger partial charge in [0.2, 0.25) is 0 Å². The van der Waals surface area contributed by atoms with Crippen LogP contribution < -0.4 is 0 Å². The van der Waals surface area contributed by atoms with Gasteiger partial charge in [0, 0.05) is 5.56 Å². The number of ether oxygens (including phenoxy) is 1. The second kappa shape index (κ2) is 7.21. The molecule has 0 N–H and O–H groups in total. The molecule has 1 atom stereocenters. The number of benzene rings is 1. The maximum absolute atomic E-state index is 14.2. The summed E-state index contributed by atoms with van der Waals surface area (Å²) in [5.41, 5.74) is -0.881. The van der Waals surface area contributed by atoms with Crippen LogP contribution in [-0.2, 0) is 11.2 Å². The average Bonchev–Trinajstić information content (AvgIpc) is 2.60. The molecule has 29 heavy (non-hydrogen) atoms. The topological polar surface area (TPSA) is 43.4 Å². The zero-order valence-corrected chi connectivity index (χ0v) is 14.6. The minimum atomic E-state index is -7.07. The number of halogens is 9. The van der Waals surface area contributed by atoms with E-state index in [4.69, 9.17) is 0 Å². The van der Waals surface area contributed by atoms with Crippen molar-refractivity contribution in [2.45, 2.75) is 43.7 Å². The quantitative estimate of drug-likeness (QED) is 0.478. The van der Waals surface area contributed by atoms with Crippen LogP contribution in [0.25, 0.3) is 0 Å². The number of fused-ring (bicyclic) bond motifs is 1. The first kappa shape index (κ1) is 23.0. The van der Waals surface area contributed by atoms with Crippen molar-refractivity contribution in [2.24, 2.45) is 5.92 Å². The number of ketones is 1. The molecular formula is C17H13F9O3. The van der Waals surface area contributed by atoms with Crippen molar-refractivity contribution in [3.05, 3.63) is 34.9 Å². The molecule has 0 aliphatic heterocycles. The van der Waals surface area contributed by atoms with Crippen molar-refractivity contribution in [1.29, 1.82) is 0 Å². The lowest BCUT2D eigenvalue weighted by molar-refractivity contribution is -0.400. The predicted molar refractivity (Wildman–Crippen MR) is 79.4 cm³/mol. The Morgan fingerprint density at radius 2 is 1.62 bits per heavy atom. The van der Waals surface area contributed by atoms with E-state index in [1.807, 2.05) is 0 Å². The smallest absolute Gasteiger partial charge is 0.460 e. The van der Waals surface area contributed by atoms with E-state index in [1.165, 1.54) is 13.0 Å². The number of carbonyl (C=O) groups is 2. The molecule has 0 aromatic heterocycles. The first-order valence-corrected chi connectivity index (χ1v) is 8.14. The van der Waals surface area contributed by atoms with E-state index in [9.17, 15) is 49.1 Å². The van der Waals surface area contributed by atoms with Crippen molar-refractivity contribution in [2.75, 3.05) is 6.61 Å². The monoisotopic (exact) mass is 436 g/mol. The maximum Gasteiger partial charge on any atom is 0.460 e. The van der Waals surface area contributed by atoms with Crippen LogP contribution in [0.4, 0.5) is 39.5 Å².